The number of ketones is 1. The van der Waals surface area contributed by atoms with Gasteiger partial charge in [-0.05, 0) is 62.0 Å². The predicted molar refractivity (Wildman–Crippen MR) is 184 cm³/mol. The van der Waals surface area contributed by atoms with Crippen molar-refractivity contribution in [3.8, 4) is 0 Å². The van der Waals surface area contributed by atoms with E-state index in [1.54, 1.807) is 7.11 Å². The quantitative estimate of drug-likeness (QED) is 0.410. The summed E-state index contributed by atoms with van der Waals surface area (Å²) in [4.78, 5) is 14.0. The highest BCUT2D eigenvalue weighted by molar-refractivity contribution is 5.79. The molecule has 0 amide bonds. The normalized spacial score (nSPS) is 52.4. The largest absolute Gasteiger partial charge is 0.394 e. The molecule has 10 saturated heterocycles. The van der Waals surface area contributed by atoms with Crippen LogP contribution in [0, 0.1) is 11.8 Å². The number of hydrogen-bond donors (Lipinski definition) is 2. The summed E-state index contributed by atoms with van der Waals surface area (Å²) in [5.41, 5.74) is 2.17. The van der Waals surface area contributed by atoms with Crippen LogP contribution in [0.4, 0.5) is 0 Å². The first kappa shape index (κ1) is 36.4. The molecule has 19 atom stereocenters. The van der Waals surface area contributed by atoms with Gasteiger partial charge in [-0.2, -0.15) is 0 Å². The molecule has 290 valence electrons. The molecule has 0 aromatic rings. The molecule has 0 unspecified atom stereocenters. The number of methoxy groups -OCH3 is 1. The Hall–Kier alpha value is -1.29. The van der Waals surface area contributed by atoms with Crippen molar-refractivity contribution < 1.29 is 57.6 Å². The zero-order chi connectivity index (χ0) is 35.9. The van der Waals surface area contributed by atoms with Crippen molar-refractivity contribution in [2.45, 2.75) is 194 Å². The van der Waals surface area contributed by atoms with E-state index in [1.165, 1.54) is 0 Å². The monoisotopic (exact) mass is 730 g/mol. The van der Waals surface area contributed by atoms with E-state index in [-0.39, 0.29) is 123 Å². The number of ether oxygens (including phenoxy) is 9. The van der Waals surface area contributed by atoms with Gasteiger partial charge in [0, 0.05) is 51.6 Å². The Morgan fingerprint density at radius 3 is 2.37 bits per heavy atom. The van der Waals surface area contributed by atoms with E-state index in [4.69, 9.17) is 42.6 Å². The summed E-state index contributed by atoms with van der Waals surface area (Å²) in [5.74, 6) is -0.709. The number of carbonyl (C=O) groups excluding carboxylic acids is 1. The van der Waals surface area contributed by atoms with Crippen LogP contribution < -0.4 is 0 Å². The lowest BCUT2D eigenvalue weighted by Gasteiger charge is -2.47. The minimum absolute atomic E-state index is 0.0260. The van der Waals surface area contributed by atoms with Crippen LogP contribution in [0.5, 0.6) is 0 Å². The molecule has 10 heterocycles. The summed E-state index contributed by atoms with van der Waals surface area (Å²) in [6, 6.07) is 0. The summed E-state index contributed by atoms with van der Waals surface area (Å²) in [7, 11) is 1.63. The van der Waals surface area contributed by atoms with Gasteiger partial charge in [0.05, 0.1) is 73.8 Å². The van der Waals surface area contributed by atoms with E-state index >= 15 is 0 Å². The minimum atomic E-state index is -0.951. The third-order valence-electron chi connectivity index (χ3n) is 13.9. The number of rotatable bonds is 4. The number of hydrogen-bond acceptors (Lipinski definition) is 12. The molecule has 10 fully saturated rings. The maximum absolute atomic E-state index is 14.0. The number of fused-ring (bicyclic) bond motifs is 6. The van der Waals surface area contributed by atoms with Crippen molar-refractivity contribution in [3.63, 3.8) is 0 Å². The number of aliphatic hydroxyl groups excluding tert-OH is 2. The van der Waals surface area contributed by atoms with Crippen molar-refractivity contribution in [1.82, 2.24) is 0 Å². The van der Waals surface area contributed by atoms with Crippen molar-refractivity contribution in [2.75, 3.05) is 13.7 Å². The Kier molecular flexibility index (Phi) is 10.0. The summed E-state index contributed by atoms with van der Waals surface area (Å²) in [6.45, 7) is 10.7. The van der Waals surface area contributed by atoms with Crippen LogP contribution in [0.3, 0.4) is 0 Å². The molecule has 0 aromatic carbocycles. The van der Waals surface area contributed by atoms with E-state index in [9.17, 15) is 15.0 Å². The second kappa shape index (κ2) is 14.3. The number of aliphatic hydroxyl groups is 2. The van der Waals surface area contributed by atoms with Crippen molar-refractivity contribution in [3.05, 3.63) is 24.3 Å². The van der Waals surface area contributed by atoms with Gasteiger partial charge < -0.3 is 52.8 Å². The molecule has 10 aliphatic rings. The van der Waals surface area contributed by atoms with Gasteiger partial charge in [0.2, 0.25) is 0 Å². The second-order valence-corrected chi connectivity index (χ2v) is 17.4. The van der Waals surface area contributed by atoms with Gasteiger partial charge >= 0.3 is 0 Å². The first-order chi connectivity index (χ1) is 25.1. The predicted octanol–water partition coefficient (Wildman–Crippen LogP) is 3.47. The van der Waals surface area contributed by atoms with Gasteiger partial charge in [0.25, 0.3) is 0 Å². The average molecular weight is 731 g/mol. The van der Waals surface area contributed by atoms with Crippen molar-refractivity contribution >= 4 is 5.78 Å². The Balaban J connectivity index is 0.994. The van der Waals surface area contributed by atoms with Gasteiger partial charge in [-0.1, -0.05) is 20.1 Å². The summed E-state index contributed by atoms with van der Waals surface area (Å²) < 4.78 is 59.8. The van der Waals surface area contributed by atoms with Gasteiger partial charge in [-0.15, -0.1) is 0 Å². The fourth-order valence-corrected chi connectivity index (χ4v) is 11.3. The van der Waals surface area contributed by atoms with Gasteiger partial charge in [-0.25, -0.2) is 0 Å². The molecule has 12 bridgehead atoms. The number of Topliss-reactive ketones (excluding diaryl/α,β-unsaturated/α-hetero) is 1. The second-order valence-electron chi connectivity index (χ2n) is 17.4. The molecule has 0 aromatic heterocycles. The fraction of sp³-hybridized carbons (Fsp3) is 0.875. The first-order valence-electron chi connectivity index (χ1n) is 20.1. The fourth-order valence-electron chi connectivity index (χ4n) is 11.3. The standard InChI is InChI=1S/C40H58O12/c1-19-11-24-5-7-28-20(2)12-26(45-28)9-10-40-17-33-36(51-40)37-38(50-33)39(52-40)35-29(49-37)8-6-25(47-35)13-22(42)14-27-31(16-30(46-24)21(19)3)48-32(34(27)44-4)15-23(43)18-41/h19,23-39,41,43H,2-3,5-18H2,1,4H3/t19-,23+,24+,25-,26+,27+,28+,29+,30-,31+,32-,33+,34-,35+,36+,37+,38-,39+,40+/m1/s1. The van der Waals surface area contributed by atoms with Crippen LogP contribution in [-0.4, -0.2) is 133 Å². The average Bonchev–Trinajstić information content (AvgIpc) is 3.79. The maximum atomic E-state index is 14.0. The molecule has 0 aliphatic carbocycles. The molecule has 10 aliphatic heterocycles. The third-order valence-corrected chi connectivity index (χ3v) is 13.9. The van der Waals surface area contributed by atoms with Gasteiger partial charge in [-0.3, -0.25) is 4.79 Å². The van der Waals surface area contributed by atoms with Crippen LogP contribution >= 0.6 is 0 Å². The SMILES string of the molecule is C=C1C[C@@H]2CC[C@@]34C[C@@H]5O[C@@H]6[C@@H](O[C@H]7CC[C@H](CC(=O)C[C@@H]8[C@@H](OC)[C@@H](C[C@H](O)CO)O[C@H]8C[C@H]8O[C@@H](CC[C@@H]1O2)C[C@@H](C)C8=C)O[C@@H]7[C@@H]6O3)[C@H]5O4. The Morgan fingerprint density at radius 2 is 1.54 bits per heavy atom. The lowest BCUT2D eigenvalue weighted by Crippen LogP contribution is -2.61. The minimum Gasteiger partial charge on any atom is -0.394 e. The first-order valence-corrected chi connectivity index (χ1v) is 20.1. The summed E-state index contributed by atoms with van der Waals surface area (Å²) in [5, 5.41) is 20.1. The molecule has 52 heavy (non-hydrogen) atoms. The number of carbonyl (C=O) groups is 1. The molecule has 12 nitrogen and oxygen atoms in total. The lowest BCUT2D eigenvalue weighted by atomic mass is 9.81. The van der Waals surface area contributed by atoms with Crippen molar-refractivity contribution in [2.24, 2.45) is 11.8 Å². The molecule has 0 saturated carbocycles. The van der Waals surface area contributed by atoms with Crippen molar-refractivity contribution in [1.29, 1.82) is 0 Å². The molecule has 12 heteroatoms. The Labute approximate surface area is 306 Å². The van der Waals surface area contributed by atoms with E-state index in [0.717, 1.165) is 49.7 Å². The lowest BCUT2D eigenvalue weighted by molar-refractivity contribution is -0.292. The molecule has 10 rings (SSSR count). The van der Waals surface area contributed by atoms with Crippen LogP contribution in [0.25, 0.3) is 0 Å². The molecular weight excluding hydrogens is 672 g/mol. The highest BCUT2D eigenvalue weighted by Crippen LogP contribution is 2.54. The van der Waals surface area contributed by atoms with Gasteiger partial charge in [0.15, 0.2) is 5.79 Å². The summed E-state index contributed by atoms with van der Waals surface area (Å²) in [6.07, 6.45) is 4.01. The smallest absolute Gasteiger partial charge is 0.172 e. The highest BCUT2D eigenvalue weighted by atomic mass is 16.8. The molecular formula is C40H58O12. The van der Waals surface area contributed by atoms with Crippen LogP contribution in [0.1, 0.15) is 90.4 Å². The van der Waals surface area contributed by atoms with Crippen LogP contribution in [-0.2, 0) is 47.4 Å². The summed E-state index contributed by atoms with van der Waals surface area (Å²) >= 11 is 0. The van der Waals surface area contributed by atoms with Crippen LogP contribution in [0.15, 0.2) is 24.3 Å². The van der Waals surface area contributed by atoms with E-state index in [0.29, 0.717) is 25.7 Å². The zero-order valence-electron chi connectivity index (χ0n) is 30.7. The third kappa shape index (κ3) is 6.59. The zero-order valence-corrected chi connectivity index (χ0v) is 30.7. The Bertz CT molecular complexity index is 1370. The van der Waals surface area contributed by atoms with E-state index in [2.05, 4.69) is 20.1 Å². The van der Waals surface area contributed by atoms with Crippen LogP contribution in [0.2, 0.25) is 0 Å². The van der Waals surface area contributed by atoms with Gasteiger partial charge in [0.1, 0.15) is 36.3 Å². The van der Waals surface area contributed by atoms with E-state index in [1.807, 2.05) is 0 Å². The molecule has 1 spiro atoms. The maximum Gasteiger partial charge on any atom is 0.172 e. The Morgan fingerprint density at radius 1 is 0.788 bits per heavy atom. The molecule has 0 radical (unpaired) electrons. The topological polar surface area (TPSA) is 141 Å². The molecule has 2 N–H and O–H groups in total. The van der Waals surface area contributed by atoms with E-state index < -0.39 is 24.1 Å². The highest BCUT2D eigenvalue weighted by Gasteiger charge is 2.68.